The fourth-order valence-corrected chi connectivity index (χ4v) is 5.88. The van der Waals surface area contributed by atoms with Crippen LogP contribution >= 0.6 is 0 Å². The van der Waals surface area contributed by atoms with Crippen molar-refractivity contribution < 1.29 is 0 Å². The molecule has 44 heavy (non-hydrogen) atoms. The smallest absolute Gasteiger partial charge is 0.318 e. The van der Waals surface area contributed by atoms with Gasteiger partial charge in [-0.15, -0.1) is 10.2 Å². The first-order valence-corrected chi connectivity index (χ1v) is 15.3. The summed E-state index contributed by atoms with van der Waals surface area (Å²) in [6.07, 6.45) is 5.91. The highest BCUT2D eigenvalue weighted by atomic mass is 16.2. The van der Waals surface area contributed by atoms with E-state index in [1.165, 1.54) is 4.57 Å². The van der Waals surface area contributed by atoms with Crippen LogP contribution in [0.4, 0.5) is 0 Å². The summed E-state index contributed by atoms with van der Waals surface area (Å²) in [7, 11) is 0. The number of hydrogen-bond donors (Lipinski definition) is 1. The summed E-state index contributed by atoms with van der Waals surface area (Å²) in [4.78, 5) is 33.0. The summed E-state index contributed by atoms with van der Waals surface area (Å²) in [5.74, 6) is 1.73. The number of rotatable bonds is 11. The van der Waals surface area contributed by atoms with Gasteiger partial charge in [-0.05, 0) is 59.2 Å². The summed E-state index contributed by atoms with van der Waals surface area (Å²) in [6.45, 7) is 3.08. The lowest BCUT2D eigenvalue weighted by Gasteiger charge is -2.14. The van der Waals surface area contributed by atoms with Crippen molar-refractivity contribution in [3.63, 3.8) is 0 Å². The predicted molar refractivity (Wildman–Crippen MR) is 170 cm³/mol. The number of H-pyrrole nitrogens is 1. The molecule has 0 aliphatic heterocycles. The fraction of sp³-hybridized carbons (Fsp3) is 0.294. The van der Waals surface area contributed by atoms with E-state index in [1.807, 2.05) is 59.2 Å². The highest BCUT2D eigenvalue weighted by molar-refractivity contribution is 5.80. The number of benzene rings is 3. The van der Waals surface area contributed by atoms with E-state index >= 15 is 0 Å². The topological polar surface area (TPSA) is 116 Å². The second-order valence-corrected chi connectivity index (χ2v) is 11.5. The molecule has 3 aromatic carbocycles. The quantitative estimate of drug-likeness (QED) is 0.204. The standard InChI is InChI=1S/C34H34N8O2/c1-2-3-5-14-29-35-32-30(33(43)41(22-23-15-16-23)34(44)42(32)26-10-6-4-7-11-26)40(29)21-24-17-19-25(20-18-24)27-12-8-9-13-28(27)31-36-38-39-37-31/h4,6-13,17-20,23H,2-3,5,14-16,21-22H2,1H3,(H,36,37,38,39). The van der Waals surface area contributed by atoms with E-state index in [2.05, 4.69) is 51.8 Å². The normalized spacial score (nSPS) is 13.1. The van der Waals surface area contributed by atoms with Crippen molar-refractivity contribution in [3.8, 4) is 28.2 Å². The second-order valence-electron chi connectivity index (χ2n) is 11.5. The number of nitrogens with one attached hydrogen (secondary N) is 1. The Kier molecular flexibility index (Phi) is 7.47. The maximum absolute atomic E-state index is 14.1. The van der Waals surface area contributed by atoms with Crippen LogP contribution in [0.3, 0.4) is 0 Å². The Labute approximate surface area is 254 Å². The minimum Gasteiger partial charge on any atom is -0.318 e. The molecule has 0 amide bonds. The van der Waals surface area contributed by atoms with Crippen molar-refractivity contribution in [2.24, 2.45) is 5.92 Å². The van der Waals surface area contributed by atoms with E-state index in [0.29, 0.717) is 41.7 Å². The first kappa shape index (κ1) is 27.7. The first-order valence-electron chi connectivity index (χ1n) is 15.3. The van der Waals surface area contributed by atoms with Gasteiger partial charge in [0.2, 0.25) is 5.82 Å². The first-order chi connectivity index (χ1) is 21.6. The third kappa shape index (κ3) is 5.27. The average molecular weight is 587 g/mol. The Bertz CT molecular complexity index is 2020. The predicted octanol–water partition coefficient (Wildman–Crippen LogP) is 5.39. The van der Waals surface area contributed by atoms with E-state index in [9.17, 15) is 9.59 Å². The van der Waals surface area contributed by atoms with Crippen LogP contribution in [0.1, 0.15) is 50.4 Å². The van der Waals surface area contributed by atoms with E-state index in [1.54, 1.807) is 4.57 Å². The molecule has 1 aliphatic rings. The zero-order valence-electron chi connectivity index (χ0n) is 24.7. The zero-order chi connectivity index (χ0) is 30.0. The minimum atomic E-state index is -0.324. The molecule has 0 bridgehead atoms. The van der Waals surface area contributed by atoms with Crippen molar-refractivity contribution in [2.45, 2.75) is 58.5 Å². The van der Waals surface area contributed by atoms with Crippen molar-refractivity contribution in [2.75, 3.05) is 0 Å². The highest BCUT2D eigenvalue weighted by Gasteiger charge is 2.27. The molecule has 0 radical (unpaired) electrons. The van der Waals surface area contributed by atoms with Gasteiger partial charge in [-0.1, -0.05) is 86.5 Å². The van der Waals surface area contributed by atoms with Gasteiger partial charge in [-0.25, -0.2) is 14.3 Å². The fourth-order valence-electron chi connectivity index (χ4n) is 5.88. The van der Waals surface area contributed by atoms with Gasteiger partial charge in [0.1, 0.15) is 5.82 Å². The molecule has 1 fully saturated rings. The Morgan fingerprint density at radius 1 is 0.864 bits per heavy atom. The third-order valence-electron chi connectivity index (χ3n) is 8.38. The van der Waals surface area contributed by atoms with Gasteiger partial charge in [-0.3, -0.25) is 9.36 Å². The van der Waals surface area contributed by atoms with Gasteiger partial charge in [0, 0.05) is 25.1 Å². The highest BCUT2D eigenvalue weighted by Crippen LogP contribution is 2.31. The van der Waals surface area contributed by atoms with Crippen LogP contribution in [-0.2, 0) is 19.5 Å². The molecular weight excluding hydrogens is 552 g/mol. The van der Waals surface area contributed by atoms with Crippen molar-refractivity contribution in [3.05, 3.63) is 111 Å². The lowest BCUT2D eigenvalue weighted by atomic mass is 9.98. The number of fused-ring (bicyclic) bond motifs is 1. The van der Waals surface area contributed by atoms with Crippen LogP contribution in [0.25, 0.3) is 39.4 Å². The molecule has 10 heteroatoms. The summed E-state index contributed by atoms with van der Waals surface area (Å²) < 4.78 is 5.09. The molecule has 6 aromatic rings. The average Bonchev–Trinajstić information content (AvgIpc) is 3.57. The lowest BCUT2D eigenvalue weighted by molar-refractivity contribution is 0.567. The molecule has 3 heterocycles. The molecule has 0 saturated heterocycles. The summed E-state index contributed by atoms with van der Waals surface area (Å²) in [5.41, 5.74) is 4.99. The van der Waals surface area contributed by atoms with Gasteiger partial charge in [0.25, 0.3) is 5.56 Å². The summed E-state index contributed by atoms with van der Waals surface area (Å²) >= 11 is 0. The Morgan fingerprint density at radius 2 is 1.61 bits per heavy atom. The van der Waals surface area contributed by atoms with Gasteiger partial charge < -0.3 is 4.57 Å². The van der Waals surface area contributed by atoms with Crippen molar-refractivity contribution in [1.29, 1.82) is 0 Å². The largest absolute Gasteiger partial charge is 0.337 e. The number of nitrogens with zero attached hydrogens (tertiary/aromatic N) is 7. The molecular formula is C34H34N8O2. The molecule has 1 saturated carbocycles. The molecule has 10 nitrogen and oxygen atoms in total. The van der Waals surface area contributed by atoms with Gasteiger partial charge in [-0.2, -0.15) is 5.21 Å². The number of hydrogen-bond acceptors (Lipinski definition) is 6. The van der Waals surface area contributed by atoms with Crippen LogP contribution in [0, 0.1) is 5.92 Å². The molecule has 0 atom stereocenters. The van der Waals surface area contributed by atoms with Crippen LogP contribution in [-0.4, -0.2) is 39.3 Å². The van der Waals surface area contributed by atoms with E-state index in [4.69, 9.17) is 4.98 Å². The summed E-state index contributed by atoms with van der Waals surface area (Å²) in [6, 6.07) is 25.8. The number of para-hydroxylation sites is 1. The van der Waals surface area contributed by atoms with Crippen molar-refractivity contribution in [1.82, 2.24) is 39.3 Å². The monoisotopic (exact) mass is 586 g/mol. The van der Waals surface area contributed by atoms with E-state index in [0.717, 1.165) is 66.6 Å². The molecule has 3 aromatic heterocycles. The SMILES string of the molecule is CCCCCc1nc2c(c(=O)n(CC3CC3)c(=O)n2-c2ccccc2)n1Cc1ccc(-c2ccccc2-c2nn[nH]n2)cc1. The minimum absolute atomic E-state index is 0.260. The van der Waals surface area contributed by atoms with E-state index in [-0.39, 0.29) is 11.2 Å². The Hall–Kier alpha value is -5.12. The zero-order valence-corrected chi connectivity index (χ0v) is 24.7. The lowest BCUT2D eigenvalue weighted by Crippen LogP contribution is -2.40. The molecule has 222 valence electrons. The maximum Gasteiger partial charge on any atom is 0.337 e. The Balaban J connectivity index is 1.34. The van der Waals surface area contributed by atoms with E-state index < -0.39 is 0 Å². The number of aromatic amines is 1. The number of imidazole rings is 1. The number of aromatic nitrogens is 8. The molecule has 0 unspecified atom stereocenters. The molecule has 0 spiro atoms. The van der Waals surface area contributed by atoms with Crippen LogP contribution in [0.2, 0.25) is 0 Å². The summed E-state index contributed by atoms with van der Waals surface area (Å²) in [5, 5.41) is 14.6. The Morgan fingerprint density at radius 3 is 2.32 bits per heavy atom. The van der Waals surface area contributed by atoms with Crippen molar-refractivity contribution >= 4 is 11.2 Å². The van der Waals surface area contributed by atoms with Crippen LogP contribution < -0.4 is 11.2 Å². The third-order valence-corrected chi connectivity index (χ3v) is 8.38. The van der Waals surface area contributed by atoms with Gasteiger partial charge in [0.15, 0.2) is 11.2 Å². The number of unbranched alkanes of at least 4 members (excludes halogenated alkanes) is 2. The van der Waals surface area contributed by atoms with Crippen LogP contribution in [0.15, 0.2) is 88.5 Å². The molecule has 1 aliphatic carbocycles. The van der Waals surface area contributed by atoms with Gasteiger partial charge >= 0.3 is 5.69 Å². The number of tetrazole rings is 1. The molecule has 1 N–H and O–H groups in total. The van der Waals surface area contributed by atoms with Gasteiger partial charge in [0.05, 0.1) is 5.69 Å². The second kappa shape index (κ2) is 11.9. The molecule has 7 rings (SSSR count). The number of aryl methyl sites for hydroxylation is 1. The van der Waals surface area contributed by atoms with Crippen LogP contribution in [0.5, 0.6) is 0 Å². The maximum atomic E-state index is 14.1.